The Hall–Kier alpha value is -0.217. The summed E-state index contributed by atoms with van der Waals surface area (Å²) in [6, 6.07) is 3.36. The zero-order valence-corrected chi connectivity index (χ0v) is 22.2. The molecule has 166 valence electrons. The third-order valence-electron chi connectivity index (χ3n) is 4.25. The van der Waals surface area contributed by atoms with Crippen molar-refractivity contribution in [3.05, 3.63) is 52.3 Å². The minimum atomic E-state index is -2.19. The van der Waals surface area contributed by atoms with E-state index in [1.54, 1.807) is 6.07 Å². The number of phenols is 1. The van der Waals surface area contributed by atoms with Crippen LogP contribution >= 0.6 is 25.6 Å². The summed E-state index contributed by atoms with van der Waals surface area (Å²) in [6.45, 7) is 11.4. The molecule has 2 aromatic rings. The monoisotopic (exact) mass is 564 g/mol. The molecule has 0 amide bonds. The maximum absolute atomic E-state index is 14.1. The maximum atomic E-state index is 14.1. The van der Waals surface area contributed by atoms with E-state index < -0.39 is 69.2 Å². The first-order valence-corrected chi connectivity index (χ1v) is 16.0. The van der Waals surface area contributed by atoms with Gasteiger partial charge >= 0.3 is 37.9 Å². The molecule has 0 bridgehead atoms. The van der Waals surface area contributed by atoms with E-state index in [-0.39, 0.29) is 16.5 Å². The molecule has 10 heteroatoms. The Morgan fingerprint density at radius 3 is 1.53 bits per heavy atom. The molecule has 0 aliphatic rings. The van der Waals surface area contributed by atoms with Crippen molar-refractivity contribution in [2.24, 2.45) is 0 Å². The second-order valence-electron chi connectivity index (χ2n) is 8.56. The molecule has 0 aliphatic heterocycles. The summed E-state index contributed by atoms with van der Waals surface area (Å²) in [5.41, 5.74) is 0.502. The van der Waals surface area contributed by atoms with Crippen molar-refractivity contribution < 1.29 is 47.9 Å². The van der Waals surface area contributed by atoms with Crippen molar-refractivity contribution in [1.29, 1.82) is 0 Å². The Kier molecular flexibility index (Phi) is 9.83. The third kappa shape index (κ3) is 6.40. The fourth-order valence-corrected chi connectivity index (χ4v) is 3.77. The predicted octanol–water partition coefficient (Wildman–Crippen LogP) is 6.69. The van der Waals surface area contributed by atoms with Gasteiger partial charge in [0.1, 0.15) is 5.75 Å². The molecule has 30 heavy (non-hydrogen) atoms. The van der Waals surface area contributed by atoms with Gasteiger partial charge in [0.2, 0.25) is 5.82 Å². The van der Waals surface area contributed by atoms with Crippen LogP contribution < -0.4 is 10.6 Å². The van der Waals surface area contributed by atoms with Gasteiger partial charge in [0.05, 0.1) is 5.30 Å². The summed E-state index contributed by atoms with van der Waals surface area (Å²) in [6.07, 6.45) is 0. The predicted molar refractivity (Wildman–Crippen MR) is 111 cm³/mol. The molecule has 2 rings (SSSR count). The molecule has 1 N–H and O–H groups in total. The summed E-state index contributed by atoms with van der Waals surface area (Å²) in [5, 5.41) is 9.85. The van der Waals surface area contributed by atoms with Crippen molar-refractivity contribution in [1.82, 2.24) is 0 Å². The molecule has 1 nitrogen and oxygen atoms in total. The van der Waals surface area contributed by atoms with Gasteiger partial charge in [-0.15, -0.1) is 0 Å². The first-order valence-electron chi connectivity index (χ1n) is 8.70. The number of benzene rings is 2. The SMILES string of the molecule is CC(C)(C)c1cc(Pc2c(F)c(F)c(F)c(F)c2F)c(O)c(C(C)(C)C)c1.[Cl][Zr][Cl]. The number of phenolic OH excluding ortho intramolecular Hbond substituents is 1. The molecule has 0 fully saturated rings. The average Bonchev–Trinajstić information content (AvgIpc) is 2.62. The summed E-state index contributed by atoms with van der Waals surface area (Å²) in [7, 11) is 8.93. The fraction of sp³-hybridized carbons (Fsp3) is 0.400. The molecule has 0 spiro atoms. The first kappa shape index (κ1) is 27.8. The van der Waals surface area contributed by atoms with Gasteiger partial charge in [-0.25, -0.2) is 22.0 Å². The van der Waals surface area contributed by atoms with Gasteiger partial charge in [0.15, 0.2) is 23.3 Å². The van der Waals surface area contributed by atoms with Crippen LogP contribution in [-0.4, -0.2) is 5.11 Å². The van der Waals surface area contributed by atoms with E-state index in [1.165, 1.54) is 0 Å². The fourth-order valence-electron chi connectivity index (χ4n) is 2.58. The van der Waals surface area contributed by atoms with E-state index in [2.05, 4.69) is 0 Å². The Morgan fingerprint density at radius 1 is 0.767 bits per heavy atom. The Bertz CT molecular complexity index is 898. The Morgan fingerprint density at radius 2 is 1.17 bits per heavy atom. The normalized spacial score (nSPS) is 12.2. The number of hydrogen-bond donors (Lipinski definition) is 1. The first-order chi connectivity index (χ1) is 13.6. The molecule has 0 radical (unpaired) electrons. The molecule has 0 heterocycles. The minimum absolute atomic E-state index is 0.135. The van der Waals surface area contributed by atoms with E-state index in [4.69, 9.17) is 17.0 Å². The average molecular weight is 566 g/mol. The number of hydrogen-bond acceptors (Lipinski definition) is 1. The zero-order chi connectivity index (χ0) is 23.6. The van der Waals surface area contributed by atoms with Crippen molar-refractivity contribution in [2.75, 3.05) is 0 Å². The van der Waals surface area contributed by atoms with Crippen molar-refractivity contribution in [2.45, 2.75) is 52.4 Å². The van der Waals surface area contributed by atoms with Crippen molar-refractivity contribution in [3.63, 3.8) is 0 Å². The standard InChI is InChI=1S/C20H22F5OP.2ClH.Zr/c1-19(2,3)9-7-10(20(4,5)6)17(26)11(8-9)27-18-15(24)13(22)12(21)14(23)16(18)25;;;/h7-8,26-27H,1-6H3;2*1H;/q;;;+2/p-2. The van der Waals surface area contributed by atoms with Crippen LogP contribution in [0.15, 0.2) is 12.1 Å². The van der Waals surface area contributed by atoms with Gasteiger partial charge in [0.25, 0.3) is 0 Å². The zero-order valence-electron chi connectivity index (χ0n) is 17.2. The van der Waals surface area contributed by atoms with Gasteiger partial charge in [-0.05, 0) is 31.0 Å². The summed E-state index contributed by atoms with van der Waals surface area (Å²) >= 11 is -0.826. The van der Waals surface area contributed by atoms with Gasteiger partial charge < -0.3 is 5.11 Å². The Balaban J connectivity index is 0.00000141. The van der Waals surface area contributed by atoms with Gasteiger partial charge in [-0.1, -0.05) is 47.6 Å². The molecule has 0 aliphatic carbocycles. The van der Waals surface area contributed by atoms with Gasteiger partial charge in [-0.2, -0.15) is 0 Å². The van der Waals surface area contributed by atoms with E-state index in [0.717, 1.165) is 5.56 Å². The molecule has 0 saturated carbocycles. The summed E-state index contributed by atoms with van der Waals surface area (Å²) < 4.78 is 68.5. The number of rotatable bonds is 2. The van der Waals surface area contributed by atoms with Crippen molar-refractivity contribution >= 4 is 36.2 Å². The van der Waals surface area contributed by atoms with Crippen LogP contribution in [0.2, 0.25) is 0 Å². The molecule has 1 atom stereocenters. The number of aromatic hydroxyl groups is 1. The van der Waals surface area contributed by atoms with E-state index in [0.29, 0.717) is 5.56 Å². The molecule has 0 saturated heterocycles. The molecule has 2 aromatic carbocycles. The molecular weight excluding hydrogens is 544 g/mol. The van der Waals surface area contributed by atoms with Crippen LogP contribution in [0.3, 0.4) is 0 Å². The van der Waals surface area contributed by atoms with Crippen LogP contribution in [0.5, 0.6) is 5.75 Å². The quantitative estimate of drug-likeness (QED) is 0.186. The van der Waals surface area contributed by atoms with E-state index >= 15 is 0 Å². The number of halogens is 7. The molecule has 1 unspecified atom stereocenters. The summed E-state index contributed by atoms with van der Waals surface area (Å²) in [4.78, 5) is 0. The second kappa shape index (κ2) is 10.6. The van der Waals surface area contributed by atoms with Crippen LogP contribution in [0, 0.1) is 29.1 Å². The van der Waals surface area contributed by atoms with Gasteiger partial charge in [0, 0.05) is 10.9 Å². The topological polar surface area (TPSA) is 20.2 Å². The second-order valence-corrected chi connectivity index (χ2v) is 13.6. The van der Waals surface area contributed by atoms with Crippen LogP contribution in [0.4, 0.5) is 22.0 Å². The van der Waals surface area contributed by atoms with Gasteiger partial charge in [-0.3, -0.25) is 0 Å². The molecular formula is C20H22Cl2F5OPZr. The summed E-state index contributed by atoms with van der Waals surface area (Å²) in [5.74, 6) is -10.1. The van der Waals surface area contributed by atoms with Crippen LogP contribution in [0.25, 0.3) is 0 Å². The van der Waals surface area contributed by atoms with Crippen molar-refractivity contribution in [3.8, 4) is 5.75 Å². The third-order valence-corrected chi connectivity index (χ3v) is 5.59. The molecule has 0 aromatic heterocycles. The van der Waals surface area contributed by atoms with Crippen LogP contribution in [0.1, 0.15) is 52.7 Å². The van der Waals surface area contributed by atoms with E-state index in [9.17, 15) is 27.1 Å². The van der Waals surface area contributed by atoms with E-state index in [1.807, 2.05) is 47.6 Å². The Labute approximate surface area is 193 Å². The van der Waals surface area contributed by atoms with Crippen LogP contribution in [-0.2, 0) is 31.7 Å².